The summed E-state index contributed by atoms with van der Waals surface area (Å²) in [5, 5.41) is 0. The van der Waals surface area contributed by atoms with Crippen LogP contribution in [0.15, 0.2) is 131 Å². The highest BCUT2D eigenvalue weighted by molar-refractivity contribution is 7.86. The van der Waals surface area contributed by atoms with E-state index in [1.807, 2.05) is 48.5 Å². The lowest BCUT2D eigenvalue weighted by atomic mass is 10.2. The maximum Gasteiger partial charge on any atom is 0.166 e. The molecule has 148 valence electrons. The average Bonchev–Trinajstić information content (AvgIpc) is 2.81. The van der Waals surface area contributed by atoms with Crippen LogP contribution >= 0.6 is 0 Å². The second kappa shape index (κ2) is 10.5. The standard InChI is InChI=1S/C27H24N2S/c1-5-13-23(14-6-1)21-30(22-24-15-7-2-8-16-24)29-27(25-17-9-3-10-18-25)28-26-19-11-4-12-20-26/h1-20H,21-22H2. The van der Waals surface area contributed by atoms with Gasteiger partial charge in [0.1, 0.15) is 0 Å². The van der Waals surface area contributed by atoms with Crippen molar-refractivity contribution >= 4 is 22.2 Å². The monoisotopic (exact) mass is 408 g/mol. The summed E-state index contributed by atoms with van der Waals surface area (Å²) in [5.41, 5.74) is 4.56. The average molecular weight is 409 g/mol. The Morgan fingerprint density at radius 3 is 1.47 bits per heavy atom. The van der Waals surface area contributed by atoms with Gasteiger partial charge >= 0.3 is 0 Å². The zero-order valence-corrected chi connectivity index (χ0v) is 17.6. The first kappa shape index (κ1) is 20.0. The molecule has 0 spiro atoms. The van der Waals surface area contributed by atoms with Crippen molar-refractivity contribution in [2.45, 2.75) is 11.5 Å². The maximum absolute atomic E-state index is 5.21. The Morgan fingerprint density at radius 1 is 0.533 bits per heavy atom. The number of hydrogen-bond donors (Lipinski definition) is 0. The molecule has 0 amide bonds. The van der Waals surface area contributed by atoms with E-state index < -0.39 is 0 Å². The van der Waals surface area contributed by atoms with Crippen molar-refractivity contribution in [1.29, 1.82) is 0 Å². The summed E-state index contributed by atoms with van der Waals surface area (Å²) in [6.07, 6.45) is 0. The van der Waals surface area contributed by atoms with Gasteiger partial charge < -0.3 is 0 Å². The molecule has 0 unspecified atom stereocenters. The normalized spacial score (nSPS) is 11.4. The van der Waals surface area contributed by atoms with Crippen LogP contribution in [0.3, 0.4) is 0 Å². The molecule has 0 fully saturated rings. The number of hydrogen-bond acceptors (Lipinski definition) is 1. The van der Waals surface area contributed by atoms with Crippen LogP contribution in [-0.4, -0.2) is 5.84 Å². The predicted molar refractivity (Wildman–Crippen MR) is 129 cm³/mol. The fourth-order valence-electron chi connectivity index (χ4n) is 3.12. The molecule has 2 nitrogen and oxygen atoms in total. The van der Waals surface area contributed by atoms with E-state index in [-0.39, 0.29) is 10.7 Å². The minimum atomic E-state index is -0.236. The third-order valence-corrected chi connectivity index (χ3v) is 6.36. The smallest absolute Gasteiger partial charge is 0.166 e. The van der Waals surface area contributed by atoms with Crippen LogP contribution in [0, 0.1) is 0 Å². The number of para-hydroxylation sites is 1. The van der Waals surface area contributed by atoms with Crippen LogP contribution in [0.5, 0.6) is 0 Å². The summed E-state index contributed by atoms with van der Waals surface area (Å²) in [6, 6.07) is 41.5. The first-order valence-electron chi connectivity index (χ1n) is 10.0. The van der Waals surface area contributed by atoms with Crippen LogP contribution in [0.1, 0.15) is 16.7 Å². The van der Waals surface area contributed by atoms with Crippen molar-refractivity contribution in [1.82, 2.24) is 0 Å². The van der Waals surface area contributed by atoms with E-state index in [2.05, 4.69) is 72.8 Å². The second-order valence-corrected chi connectivity index (χ2v) is 8.64. The molecule has 0 heterocycles. The van der Waals surface area contributed by atoms with E-state index >= 15 is 0 Å². The number of amidine groups is 1. The molecule has 0 atom stereocenters. The summed E-state index contributed by atoms with van der Waals surface area (Å²) in [6.45, 7) is 0. The Balaban J connectivity index is 1.76. The molecule has 0 aliphatic rings. The lowest BCUT2D eigenvalue weighted by Gasteiger charge is -2.11. The highest BCUT2D eigenvalue weighted by Crippen LogP contribution is 2.17. The quantitative estimate of drug-likeness (QED) is 0.243. The van der Waals surface area contributed by atoms with E-state index in [1.54, 1.807) is 0 Å². The van der Waals surface area contributed by atoms with Gasteiger partial charge in [-0.25, -0.2) is 9.36 Å². The van der Waals surface area contributed by atoms with Gasteiger partial charge in [-0.15, -0.1) is 0 Å². The molecule has 0 aliphatic heterocycles. The minimum absolute atomic E-state index is 0.236. The van der Waals surface area contributed by atoms with Gasteiger partial charge in [0.25, 0.3) is 0 Å². The predicted octanol–water partition coefficient (Wildman–Crippen LogP) is 6.97. The lowest BCUT2D eigenvalue weighted by molar-refractivity contribution is 1.34. The van der Waals surface area contributed by atoms with Gasteiger partial charge in [0.15, 0.2) is 5.84 Å². The third-order valence-electron chi connectivity index (χ3n) is 4.59. The third kappa shape index (κ3) is 5.85. The van der Waals surface area contributed by atoms with Crippen LogP contribution < -0.4 is 0 Å². The molecule has 3 heteroatoms. The number of aliphatic imine (C=N–C) groups is 1. The van der Waals surface area contributed by atoms with Gasteiger partial charge in [0.05, 0.1) is 5.69 Å². The van der Waals surface area contributed by atoms with E-state index in [1.165, 1.54) is 11.1 Å². The molecule has 0 saturated heterocycles. The Bertz CT molecular complexity index is 1060. The van der Waals surface area contributed by atoms with Crippen LogP contribution in [0.2, 0.25) is 0 Å². The Labute approximate surface area is 181 Å². The first-order chi connectivity index (χ1) is 14.9. The van der Waals surface area contributed by atoms with Gasteiger partial charge in [-0.1, -0.05) is 120 Å². The van der Waals surface area contributed by atoms with Crippen molar-refractivity contribution in [3.8, 4) is 0 Å². The molecule has 0 bridgehead atoms. The Morgan fingerprint density at radius 2 is 0.967 bits per heavy atom. The zero-order valence-electron chi connectivity index (χ0n) is 16.8. The van der Waals surface area contributed by atoms with Crippen molar-refractivity contribution in [3.63, 3.8) is 0 Å². The molecule has 0 aliphatic carbocycles. The molecule has 0 saturated carbocycles. The molecule has 0 N–H and O–H groups in total. The van der Waals surface area contributed by atoms with Crippen LogP contribution in [0.4, 0.5) is 5.69 Å². The number of nitrogens with zero attached hydrogens (tertiary/aromatic N) is 2. The van der Waals surface area contributed by atoms with Crippen molar-refractivity contribution in [2.24, 2.45) is 9.36 Å². The van der Waals surface area contributed by atoms with Gasteiger partial charge in [0.2, 0.25) is 0 Å². The zero-order chi connectivity index (χ0) is 20.4. The maximum atomic E-state index is 5.21. The molecule has 4 rings (SSSR count). The van der Waals surface area contributed by atoms with Gasteiger partial charge in [0, 0.05) is 17.1 Å². The highest BCUT2D eigenvalue weighted by atomic mass is 32.2. The Hall–Kier alpha value is -3.30. The second-order valence-electron chi connectivity index (χ2n) is 6.95. The number of rotatable bonds is 6. The largest absolute Gasteiger partial charge is 0.228 e. The highest BCUT2D eigenvalue weighted by Gasteiger charge is 2.08. The lowest BCUT2D eigenvalue weighted by Crippen LogP contribution is -2.05. The van der Waals surface area contributed by atoms with Crippen molar-refractivity contribution in [3.05, 3.63) is 138 Å². The minimum Gasteiger partial charge on any atom is -0.228 e. The van der Waals surface area contributed by atoms with E-state index in [4.69, 9.17) is 9.36 Å². The van der Waals surface area contributed by atoms with E-state index in [0.717, 1.165) is 28.6 Å². The van der Waals surface area contributed by atoms with Crippen molar-refractivity contribution in [2.75, 3.05) is 0 Å². The molecule has 4 aromatic rings. The van der Waals surface area contributed by atoms with E-state index in [0.29, 0.717) is 0 Å². The SMILES string of the molecule is c1ccc(CS(Cc2ccccc2)=NC(=Nc2ccccc2)c2ccccc2)cc1. The summed E-state index contributed by atoms with van der Waals surface area (Å²) < 4.78 is 5.21. The van der Waals surface area contributed by atoms with Crippen LogP contribution in [-0.2, 0) is 22.2 Å². The first-order valence-corrected chi connectivity index (χ1v) is 11.6. The summed E-state index contributed by atoms with van der Waals surface area (Å²) in [7, 11) is -0.236. The summed E-state index contributed by atoms with van der Waals surface area (Å²) >= 11 is 0. The van der Waals surface area contributed by atoms with Crippen molar-refractivity contribution < 1.29 is 0 Å². The molecular weight excluding hydrogens is 384 g/mol. The van der Waals surface area contributed by atoms with E-state index in [9.17, 15) is 0 Å². The summed E-state index contributed by atoms with van der Waals surface area (Å²) in [5.74, 6) is 2.59. The van der Waals surface area contributed by atoms with Crippen LogP contribution in [0.25, 0.3) is 0 Å². The number of benzene rings is 4. The molecule has 0 aromatic heterocycles. The van der Waals surface area contributed by atoms with Gasteiger partial charge in [-0.2, -0.15) is 0 Å². The molecular formula is C27H24N2S. The topological polar surface area (TPSA) is 24.7 Å². The summed E-state index contributed by atoms with van der Waals surface area (Å²) in [4.78, 5) is 4.91. The Kier molecular flexibility index (Phi) is 6.98. The fraction of sp³-hybridized carbons (Fsp3) is 0.0741. The molecule has 30 heavy (non-hydrogen) atoms. The van der Waals surface area contributed by atoms with Gasteiger partial charge in [-0.05, 0) is 23.3 Å². The molecule has 4 aromatic carbocycles. The fourth-order valence-corrected chi connectivity index (χ4v) is 4.90. The van der Waals surface area contributed by atoms with Gasteiger partial charge in [-0.3, -0.25) is 0 Å². The molecule has 0 radical (unpaired) electrons.